The minimum atomic E-state index is -1.58. The van der Waals surface area contributed by atoms with E-state index in [9.17, 15) is 30.0 Å². The van der Waals surface area contributed by atoms with Crippen molar-refractivity contribution in [1.29, 1.82) is 0 Å². The lowest BCUT2D eigenvalue weighted by Crippen LogP contribution is -2.67. The fourth-order valence-corrected chi connectivity index (χ4v) is 6.91. The van der Waals surface area contributed by atoms with Crippen LogP contribution in [0.1, 0.15) is 52.5 Å². The molecular formula is C28H39NO6. The predicted octanol–water partition coefficient (Wildman–Crippen LogP) is 1.77. The number of carbonyl (C=O) groups excluding carboxylic acids is 2. The van der Waals surface area contributed by atoms with E-state index in [1.165, 1.54) is 6.92 Å². The minimum Gasteiger partial charge on any atom is -0.390 e. The maximum atomic E-state index is 14.1. The zero-order valence-corrected chi connectivity index (χ0v) is 21.0. The lowest BCUT2D eigenvalue weighted by Gasteiger charge is -2.55. The maximum absolute atomic E-state index is 14.1. The van der Waals surface area contributed by atoms with E-state index in [1.807, 2.05) is 37.3 Å². The third-order valence-corrected chi connectivity index (χ3v) is 9.22. The van der Waals surface area contributed by atoms with Crippen LogP contribution in [0.2, 0.25) is 0 Å². The molecule has 1 saturated carbocycles. The Balaban J connectivity index is 1.85. The number of ketones is 1. The SMILES string of the molecule is C[C@H]1C/C=C/[C@H]2[C@H](O)[C@](C)(O)[C@@H](C)[C@H]3[C@H](Cc4ccccc4)NC(=O)[C@]32C(=O)CC[C@@](C)(O)[C@@H]1O. The Morgan fingerprint density at radius 2 is 1.69 bits per heavy atom. The highest BCUT2D eigenvalue weighted by atomic mass is 16.3. The highest BCUT2D eigenvalue weighted by Crippen LogP contribution is 2.58. The van der Waals surface area contributed by atoms with Gasteiger partial charge in [0.1, 0.15) is 11.2 Å². The molecule has 0 unspecified atom stereocenters. The van der Waals surface area contributed by atoms with Crippen molar-refractivity contribution in [2.75, 3.05) is 0 Å². The Morgan fingerprint density at radius 3 is 2.34 bits per heavy atom. The lowest BCUT2D eigenvalue weighted by atomic mass is 9.49. The third-order valence-electron chi connectivity index (χ3n) is 9.22. The van der Waals surface area contributed by atoms with E-state index in [-0.39, 0.29) is 24.5 Å². The van der Waals surface area contributed by atoms with Gasteiger partial charge in [0.2, 0.25) is 5.91 Å². The average Bonchev–Trinajstić information content (AvgIpc) is 3.09. The highest BCUT2D eigenvalue weighted by Gasteiger charge is 2.71. The molecule has 3 aliphatic rings. The summed E-state index contributed by atoms with van der Waals surface area (Å²) in [5.41, 5.74) is -3.60. The van der Waals surface area contributed by atoms with E-state index in [4.69, 9.17) is 0 Å². The summed E-state index contributed by atoms with van der Waals surface area (Å²) in [5.74, 6) is -3.16. The standard InChI is InChI=1S/C28H39NO6/c1-16-9-8-12-19-24(32)27(4,35)17(2)22-20(15-18-10-6-5-7-11-18)29-25(33)28(19,22)21(30)13-14-26(3,34)23(16)31/h5-8,10-12,16-17,19-20,22-24,31-32,34-35H,9,13-15H2,1-4H3,(H,29,33)/b12-8+/t16-,17-,19-,20-,22-,23+,24-,26+,27+,28+/m0/s1. The predicted molar refractivity (Wildman–Crippen MR) is 131 cm³/mol. The van der Waals surface area contributed by atoms with Gasteiger partial charge in [-0.2, -0.15) is 0 Å². The van der Waals surface area contributed by atoms with E-state index < -0.39 is 58.5 Å². The van der Waals surface area contributed by atoms with Gasteiger partial charge in [0.05, 0.1) is 23.4 Å². The van der Waals surface area contributed by atoms with Crippen LogP contribution in [0.4, 0.5) is 0 Å². The number of carbonyl (C=O) groups is 2. The van der Waals surface area contributed by atoms with Gasteiger partial charge in [0.25, 0.3) is 0 Å². The molecule has 0 radical (unpaired) electrons. The van der Waals surface area contributed by atoms with E-state index >= 15 is 0 Å². The van der Waals surface area contributed by atoms with E-state index in [0.717, 1.165) is 5.56 Å². The number of aliphatic hydroxyl groups excluding tert-OH is 2. The molecule has 7 heteroatoms. The molecule has 1 amide bonds. The molecule has 35 heavy (non-hydrogen) atoms. The Bertz CT molecular complexity index is 988. The zero-order chi connectivity index (χ0) is 25.8. The van der Waals surface area contributed by atoms with Crippen molar-refractivity contribution in [3.8, 4) is 0 Å². The van der Waals surface area contributed by atoms with Gasteiger partial charge in [-0.05, 0) is 50.5 Å². The number of Topliss-reactive ketones (excluding diaryl/α,β-unsaturated/α-hetero) is 1. The molecule has 1 aliphatic heterocycles. The van der Waals surface area contributed by atoms with Crippen molar-refractivity contribution in [3.05, 3.63) is 48.0 Å². The van der Waals surface area contributed by atoms with Crippen molar-refractivity contribution < 1.29 is 30.0 Å². The normalized spacial score (nSPS) is 47.3. The molecule has 0 aromatic heterocycles. The number of hydrogen-bond donors (Lipinski definition) is 5. The van der Waals surface area contributed by atoms with E-state index in [1.54, 1.807) is 26.0 Å². The van der Waals surface area contributed by atoms with Crippen LogP contribution in [0.3, 0.4) is 0 Å². The van der Waals surface area contributed by atoms with Crippen molar-refractivity contribution in [2.24, 2.45) is 29.1 Å². The first-order chi connectivity index (χ1) is 16.3. The topological polar surface area (TPSA) is 127 Å². The van der Waals surface area contributed by atoms with Crippen molar-refractivity contribution in [2.45, 2.75) is 82.8 Å². The fourth-order valence-electron chi connectivity index (χ4n) is 6.91. The van der Waals surface area contributed by atoms with Gasteiger partial charge >= 0.3 is 0 Å². The van der Waals surface area contributed by atoms with Gasteiger partial charge in [0, 0.05) is 24.3 Å². The number of allylic oxidation sites excluding steroid dienone is 1. The molecule has 192 valence electrons. The molecule has 1 aromatic rings. The highest BCUT2D eigenvalue weighted by molar-refractivity contribution is 6.09. The van der Waals surface area contributed by atoms with Crippen LogP contribution in [0, 0.1) is 29.1 Å². The summed E-state index contributed by atoms with van der Waals surface area (Å²) in [6.45, 7) is 6.71. The first-order valence-electron chi connectivity index (χ1n) is 12.7. The van der Waals surface area contributed by atoms with Crippen molar-refractivity contribution in [3.63, 3.8) is 0 Å². The van der Waals surface area contributed by atoms with Crippen LogP contribution in [0.5, 0.6) is 0 Å². The summed E-state index contributed by atoms with van der Waals surface area (Å²) >= 11 is 0. The first-order valence-corrected chi connectivity index (χ1v) is 12.7. The second kappa shape index (κ2) is 9.11. The van der Waals surface area contributed by atoms with Gasteiger partial charge < -0.3 is 25.7 Å². The van der Waals surface area contributed by atoms with E-state index in [0.29, 0.717) is 12.8 Å². The molecule has 0 bridgehead atoms. The molecule has 1 heterocycles. The number of benzene rings is 1. The van der Waals surface area contributed by atoms with Gasteiger partial charge in [-0.25, -0.2) is 0 Å². The lowest BCUT2D eigenvalue weighted by molar-refractivity contribution is -0.199. The van der Waals surface area contributed by atoms with Gasteiger partial charge in [-0.15, -0.1) is 0 Å². The number of aliphatic hydroxyl groups is 4. The molecular weight excluding hydrogens is 446 g/mol. The van der Waals surface area contributed by atoms with Crippen LogP contribution in [-0.4, -0.2) is 61.6 Å². The number of hydrogen-bond acceptors (Lipinski definition) is 6. The van der Waals surface area contributed by atoms with Crippen LogP contribution < -0.4 is 5.32 Å². The monoisotopic (exact) mass is 485 g/mol. The molecule has 1 saturated heterocycles. The van der Waals surface area contributed by atoms with E-state index in [2.05, 4.69) is 5.32 Å². The Labute approximate surface area is 207 Å². The molecule has 4 rings (SSSR count). The number of nitrogens with one attached hydrogen (secondary N) is 1. The van der Waals surface area contributed by atoms with Crippen LogP contribution in [0.25, 0.3) is 0 Å². The second-order valence-corrected chi connectivity index (χ2v) is 11.5. The third kappa shape index (κ3) is 4.06. The Kier molecular flexibility index (Phi) is 6.77. The van der Waals surface area contributed by atoms with Crippen molar-refractivity contribution in [1.82, 2.24) is 5.32 Å². The van der Waals surface area contributed by atoms with Crippen molar-refractivity contribution >= 4 is 11.7 Å². The maximum Gasteiger partial charge on any atom is 0.235 e. The molecule has 7 nitrogen and oxygen atoms in total. The average molecular weight is 486 g/mol. The van der Waals surface area contributed by atoms with Gasteiger partial charge in [-0.3, -0.25) is 9.59 Å². The summed E-state index contributed by atoms with van der Waals surface area (Å²) in [5, 5.41) is 47.6. The summed E-state index contributed by atoms with van der Waals surface area (Å²) in [6, 6.07) is 9.28. The Morgan fingerprint density at radius 1 is 1.03 bits per heavy atom. The van der Waals surface area contributed by atoms with Crippen LogP contribution >= 0.6 is 0 Å². The second-order valence-electron chi connectivity index (χ2n) is 11.5. The summed E-state index contributed by atoms with van der Waals surface area (Å²) in [6.07, 6.45) is 1.82. The van der Waals surface area contributed by atoms with Crippen LogP contribution in [0.15, 0.2) is 42.5 Å². The molecule has 2 aliphatic carbocycles. The summed E-state index contributed by atoms with van der Waals surface area (Å²) in [7, 11) is 0. The Hall–Kier alpha value is -2.06. The minimum absolute atomic E-state index is 0.00394. The molecule has 5 N–H and O–H groups in total. The molecule has 10 atom stereocenters. The quantitative estimate of drug-likeness (QED) is 0.321. The molecule has 1 aromatic carbocycles. The summed E-state index contributed by atoms with van der Waals surface area (Å²) < 4.78 is 0. The molecule has 2 fully saturated rings. The molecule has 1 spiro atoms. The number of rotatable bonds is 2. The first kappa shape index (κ1) is 26.0. The smallest absolute Gasteiger partial charge is 0.235 e. The van der Waals surface area contributed by atoms with Gasteiger partial charge in [-0.1, -0.05) is 56.3 Å². The summed E-state index contributed by atoms with van der Waals surface area (Å²) in [4.78, 5) is 27.9. The number of amides is 1. The fraction of sp³-hybridized carbons (Fsp3) is 0.643. The zero-order valence-electron chi connectivity index (χ0n) is 21.0. The van der Waals surface area contributed by atoms with Gasteiger partial charge in [0.15, 0.2) is 0 Å². The largest absolute Gasteiger partial charge is 0.390 e. The van der Waals surface area contributed by atoms with Crippen LogP contribution in [-0.2, 0) is 16.0 Å².